The molecule has 1 aromatic rings. The van der Waals surface area contributed by atoms with Crippen LogP contribution in [-0.2, 0) is 4.79 Å². The smallest absolute Gasteiger partial charge is 0.220 e. The van der Waals surface area contributed by atoms with Crippen LogP contribution in [0, 0.1) is 24.6 Å². The van der Waals surface area contributed by atoms with Gasteiger partial charge in [0.2, 0.25) is 5.91 Å². The second-order valence-corrected chi connectivity index (χ2v) is 6.23. The molecule has 118 valence electrons. The van der Waals surface area contributed by atoms with E-state index in [4.69, 9.17) is 5.73 Å². The summed E-state index contributed by atoms with van der Waals surface area (Å²) in [6, 6.07) is 4.85. The highest BCUT2D eigenvalue weighted by atomic mass is 19.1. The summed E-state index contributed by atoms with van der Waals surface area (Å²) in [7, 11) is 0. The minimum atomic E-state index is -0.242. The highest BCUT2D eigenvalue weighted by Crippen LogP contribution is 2.18. The van der Waals surface area contributed by atoms with E-state index >= 15 is 0 Å². The van der Waals surface area contributed by atoms with E-state index in [-0.39, 0.29) is 23.7 Å². The monoisotopic (exact) mass is 294 g/mol. The number of rotatable bonds is 7. The minimum Gasteiger partial charge on any atom is -0.350 e. The molecular weight excluding hydrogens is 267 g/mol. The minimum absolute atomic E-state index is 0.0282. The Balaban J connectivity index is 2.58. The molecule has 1 rings (SSSR count). The highest BCUT2D eigenvalue weighted by Gasteiger charge is 2.16. The van der Waals surface area contributed by atoms with Crippen LogP contribution in [0.4, 0.5) is 4.39 Å². The third kappa shape index (κ3) is 5.84. The molecule has 1 aromatic carbocycles. The van der Waals surface area contributed by atoms with E-state index in [1.54, 1.807) is 13.0 Å². The van der Waals surface area contributed by atoms with Crippen LogP contribution >= 0.6 is 0 Å². The summed E-state index contributed by atoms with van der Waals surface area (Å²) < 4.78 is 13.6. The lowest BCUT2D eigenvalue weighted by Crippen LogP contribution is -2.30. The lowest BCUT2D eigenvalue weighted by molar-refractivity contribution is -0.122. The third-order valence-electron chi connectivity index (χ3n) is 3.69. The van der Waals surface area contributed by atoms with Crippen LogP contribution in [0.5, 0.6) is 0 Å². The summed E-state index contributed by atoms with van der Waals surface area (Å²) in [6.45, 7) is 8.34. The van der Waals surface area contributed by atoms with Crippen molar-refractivity contribution in [1.29, 1.82) is 0 Å². The molecule has 0 spiro atoms. The van der Waals surface area contributed by atoms with Gasteiger partial charge in [-0.05, 0) is 55.8 Å². The average molecular weight is 294 g/mol. The molecule has 2 unspecified atom stereocenters. The molecule has 0 aliphatic heterocycles. The van der Waals surface area contributed by atoms with E-state index in [0.717, 1.165) is 12.0 Å². The molecule has 1 amide bonds. The zero-order chi connectivity index (χ0) is 16.0. The van der Waals surface area contributed by atoms with Gasteiger partial charge in [0, 0.05) is 6.42 Å². The Bertz CT molecular complexity index is 474. The number of carbonyl (C=O) groups is 1. The maximum Gasteiger partial charge on any atom is 0.220 e. The topological polar surface area (TPSA) is 55.1 Å². The second-order valence-electron chi connectivity index (χ2n) is 6.23. The zero-order valence-corrected chi connectivity index (χ0v) is 13.4. The van der Waals surface area contributed by atoms with Crippen LogP contribution in [0.3, 0.4) is 0 Å². The first-order valence-electron chi connectivity index (χ1n) is 7.59. The molecule has 0 radical (unpaired) electrons. The Morgan fingerprint density at radius 2 is 2.00 bits per heavy atom. The van der Waals surface area contributed by atoms with E-state index in [9.17, 15) is 9.18 Å². The molecule has 0 aliphatic rings. The van der Waals surface area contributed by atoms with Crippen LogP contribution in [0.25, 0.3) is 0 Å². The van der Waals surface area contributed by atoms with Crippen LogP contribution in [0.2, 0.25) is 0 Å². The van der Waals surface area contributed by atoms with Crippen molar-refractivity contribution < 1.29 is 9.18 Å². The number of carbonyl (C=O) groups excluding carboxylic acids is 1. The van der Waals surface area contributed by atoms with Gasteiger partial charge in [-0.25, -0.2) is 4.39 Å². The first-order chi connectivity index (χ1) is 9.83. The van der Waals surface area contributed by atoms with Gasteiger partial charge in [0.25, 0.3) is 0 Å². The van der Waals surface area contributed by atoms with E-state index < -0.39 is 0 Å². The number of aryl methyl sites for hydroxylation is 1. The summed E-state index contributed by atoms with van der Waals surface area (Å²) >= 11 is 0. The Labute approximate surface area is 127 Å². The number of nitrogens with one attached hydrogen (secondary N) is 1. The zero-order valence-electron chi connectivity index (χ0n) is 13.4. The van der Waals surface area contributed by atoms with E-state index in [0.29, 0.717) is 24.4 Å². The van der Waals surface area contributed by atoms with E-state index in [2.05, 4.69) is 19.2 Å². The van der Waals surface area contributed by atoms with Crippen molar-refractivity contribution in [2.75, 3.05) is 6.54 Å². The van der Waals surface area contributed by atoms with Crippen molar-refractivity contribution in [2.24, 2.45) is 17.6 Å². The summed E-state index contributed by atoms with van der Waals surface area (Å²) in [5.41, 5.74) is 7.10. The summed E-state index contributed by atoms with van der Waals surface area (Å²) in [6.07, 6.45) is 1.37. The molecule has 3 N–H and O–H groups in total. The standard InChI is InChI=1S/C17H27FN2O/c1-11(2)7-14(10-19)8-17(21)20-13(4)15-6-5-12(3)16(18)9-15/h5-6,9,11,13-14H,7-8,10,19H2,1-4H3,(H,20,21). The maximum atomic E-state index is 13.6. The van der Waals surface area contributed by atoms with Gasteiger partial charge >= 0.3 is 0 Å². The van der Waals surface area contributed by atoms with Gasteiger partial charge in [0.15, 0.2) is 0 Å². The van der Waals surface area contributed by atoms with Crippen molar-refractivity contribution in [2.45, 2.75) is 46.6 Å². The van der Waals surface area contributed by atoms with Gasteiger partial charge < -0.3 is 11.1 Å². The van der Waals surface area contributed by atoms with Crippen LogP contribution in [-0.4, -0.2) is 12.5 Å². The lowest BCUT2D eigenvalue weighted by atomic mass is 9.94. The normalized spacial score (nSPS) is 14.0. The van der Waals surface area contributed by atoms with Crippen molar-refractivity contribution in [3.05, 3.63) is 35.1 Å². The Kier molecular flexibility index (Phi) is 6.82. The Morgan fingerprint density at radius 3 is 2.52 bits per heavy atom. The third-order valence-corrected chi connectivity index (χ3v) is 3.69. The number of hydrogen-bond donors (Lipinski definition) is 2. The predicted octanol–water partition coefficient (Wildman–Crippen LogP) is 3.32. The molecule has 0 bridgehead atoms. The fourth-order valence-electron chi connectivity index (χ4n) is 2.45. The van der Waals surface area contributed by atoms with E-state index in [1.165, 1.54) is 6.07 Å². The van der Waals surface area contributed by atoms with Gasteiger partial charge in [-0.2, -0.15) is 0 Å². The van der Waals surface area contributed by atoms with Crippen molar-refractivity contribution >= 4 is 5.91 Å². The highest BCUT2D eigenvalue weighted by molar-refractivity contribution is 5.76. The average Bonchev–Trinajstić information content (AvgIpc) is 2.40. The molecular formula is C17H27FN2O. The van der Waals surface area contributed by atoms with Crippen LogP contribution in [0.1, 0.15) is 50.8 Å². The molecule has 0 aromatic heterocycles. The molecule has 0 heterocycles. The van der Waals surface area contributed by atoms with Crippen LogP contribution < -0.4 is 11.1 Å². The molecule has 21 heavy (non-hydrogen) atoms. The second kappa shape index (κ2) is 8.13. The number of benzene rings is 1. The fraction of sp³-hybridized carbons (Fsp3) is 0.588. The summed E-state index contributed by atoms with van der Waals surface area (Å²) in [5.74, 6) is 0.453. The number of hydrogen-bond acceptors (Lipinski definition) is 2. The first-order valence-corrected chi connectivity index (χ1v) is 7.59. The Morgan fingerprint density at radius 1 is 1.33 bits per heavy atom. The molecule has 4 heteroatoms. The lowest BCUT2D eigenvalue weighted by Gasteiger charge is -2.19. The number of amides is 1. The first kappa shape index (κ1) is 17.6. The number of nitrogens with two attached hydrogens (primary N) is 1. The van der Waals surface area contributed by atoms with E-state index in [1.807, 2.05) is 13.0 Å². The van der Waals surface area contributed by atoms with Gasteiger partial charge in [-0.1, -0.05) is 26.0 Å². The molecule has 0 saturated carbocycles. The molecule has 0 aliphatic carbocycles. The Hall–Kier alpha value is -1.42. The largest absolute Gasteiger partial charge is 0.350 e. The predicted molar refractivity (Wildman–Crippen MR) is 84.3 cm³/mol. The molecule has 0 fully saturated rings. The van der Waals surface area contributed by atoms with Crippen LogP contribution in [0.15, 0.2) is 18.2 Å². The summed E-state index contributed by atoms with van der Waals surface area (Å²) in [5, 5.41) is 2.92. The van der Waals surface area contributed by atoms with Gasteiger partial charge in [-0.3, -0.25) is 4.79 Å². The molecule has 0 saturated heterocycles. The van der Waals surface area contributed by atoms with Gasteiger partial charge in [-0.15, -0.1) is 0 Å². The molecule has 2 atom stereocenters. The van der Waals surface area contributed by atoms with Gasteiger partial charge in [0.1, 0.15) is 5.82 Å². The van der Waals surface area contributed by atoms with Crippen molar-refractivity contribution in [1.82, 2.24) is 5.32 Å². The summed E-state index contributed by atoms with van der Waals surface area (Å²) in [4.78, 5) is 12.1. The van der Waals surface area contributed by atoms with Gasteiger partial charge in [0.05, 0.1) is 6.04 Å². The maximum absolute atomic E-state index is 13.6. The number of halogens is 1. The quantitative estimate of drug-likeness (QED) is 0.810. The fourth-order valence-corrected chi connectivity index (χ4v) is 2.45. The SMILES string of the molecule is Cc1ccc(C(C)NC(=O)CC(CN)CC(C)C)cc1F. The van der Waals surface area contributed by atoms with Crippen molar-refractivity contribution in [3.8, 4) is 0 Å². The van der Waals surface area contributed by atoms with Crippen molar-refractivity contribution in [3.63, 3.8) is 0 Å². The molecule has 3 nitrogen and oxygen atoms in total.